The highest BCUT2D eigenvalue weighted by Gasteiger charge is 2.21. The Hall–Kier alpha value is -1.50. The molecule has 0 atom stereocenters. The number of hydrogen-bond acceptors (Lipinski definition) is 5. The van der Waals surface area contributed by atoms with Gasteiger partial charge in [0.1, 0.15) is 11.2 Å². The van der Waals surface area contributed by atoms with Crippen molar-refractivity contribution in [3.63, 3.8) is 0 Å². The van der Waals surface area contributed by atoms with E-state index in [1.807, 2.05) is 0 Å². The molecule has 2 amide bonds. The second-order valence-corrected chi connectivity index (χ2v) is 7.33. The summed E-state index contributed by atoms with van der Waals surface area (Å²) in [4.78, 5) is 25.2. The Bertz CT molecular complexity index is 372. The summed E-state index contributed by atoms with van der Waals surface area (Å²) in [6, 6.07) is 0. The second kappa shape index (κ2) is 9.60. The molecule has 23 heavy (non-hydrogen) atoms. The zero-order valence-corrected chi connectivity index (χ0v) is 15.3. The Kier molecular flexibility index (Phi) is 8.97. The SMILES string of the molecule is CC(C)(C)OC(=O)NCCCN(CCCO)C(=O)OC(C)(C)C. The van der Waals surface area contributed by atoms with Crippen LogP contribution in [0.1, 0.15) is 54.4 Å². The Morgan fingerprint density at radius 3 is 1.96 bits per heavy atom. The summed E-state index contributed by atoms with van der Waals surface area (Å²) >= 11 is 0. The predicted molar refractivity (Wildman–Crippen MR) is 88.4 cm³/mol. The van der Waals surface area contributed by atoms with Gasteiger partial charge in [0.05, 0.1) is 0 Å². The van der Waals surface area contributed by atoms with Crippen LogP contribution in [0.3, 0.4) is 0 Å². The molecule has 0 rings (SSSR count). The molecule has 0 unspecified atom stereocenters. The number of aliphatic hydroxyl groups excluding tert-OH is 1. The fourth-order valence-corrected chi connectivity index (χ4v) is 1.66. The highest BCUT2D eigenvalue weighted by atomic mass is 16.6. The third kappa shape index (κ3) is 12.7. The molecule has 0 aromatic rings. The minimum Gasteiger partial charge on any atom is -0.444 e. The van der Waals surface area contributed by atoms with Crippen molar-refractivity contribution in [1.82, 2.24) is 10.2 Å². The van der Waals surface area contributed by atoms with Gasteiger partial charge in [0.25, 0.3) is 0 Å². The van der Waals surface area contributed by atoms with E-state index in [2.05, 4.69) is 5.32 Å². The minimum atomic E-state index is -0.566. The van der Waals surface area contributed by atoms with Crippen LogP contribution in [0.4, 0.5) is 9.59 Å². The molecule has 0 aromatic heterocycles. The topological polar surface area (TPSA) is 88.1 Å². The number of carbonyl (C=O) groups excluding carboxylic acids is 2. The van der Waals surface area contributed by atoms with Gasteiger partial charge in [-0.2, -0.15) is 0 Å². The first-order chi connectivity index (χ1) is 10.4. The fourth-order valence-electron chi connectivity index (χ4n) is 1.66. The van der Waals surface area contributed by atoms with Crippen LogP contribution in [0.5, 0.6) is 0 Å². The first kappa shape index (κ1) is 21.5. The molecular weight excluding hydrogens is 300 g/mol. The van der Waals surface area contributed by atoms with Gasteiger partial charge in [0.2, 0.25) is 0 Å². The summed E-state index contributed by atoms with van der Waals surface area (Å²) in [5.74, 6) is 0. The van der Waals surface area contributed by atoms with E-state index >= 15 is 0 Å². The zero-order valence-electron chi connectivity index (χ0n) is 15.3. The molecule has 0 bridgehead atoms. The van der Waals surface area contributed by atoms with Gasteiger partial charge in [-0.3, -0.25) is 0 Å². The third-order valence-corrected chi connectivity index (χ3v) is 2.51. The summed E-state index contributed by atoms with van der Waals surface area (Å²) in [7, 11) is 0. The Morgan fingerprint density at radius 2 is 1.48 bits per heavy atom. The second-order valence-electron chi connectivity index (χ2n) is 7.33. The van der Waals surface area contributed by atoms with Gasteiger partial charge in [0, 0.05) is 26.2 Å². The first-order valence-electron chi connectivity index (χ1n) is 8.00. The van der Waals surface area contributed by atoms with Gasteiger partial charge < -0.3 is 24.8 Å². The highest BCUT2D eigenvalue weighted by Crippen LogP contribution is 2.11. The highest BCUT2D eigenvalue weighted by molar-refractivity contribution is 5.68. The van der Waals surface area contributed by atoms with Gasteiger partial charge in [-0.05, 0) is 54.4 Å². The fraction of sp³-hybridized carbons (Fsp3) is 0.875. The molecule has 0 fully saturated rings. The molecule has 7 nitrogen and oxygen atoms in total. The molecule has 0 aliphatic heterocycles. The Morgan fingerprint density at radius 1 is 0.957 bits per heavy atom. The van der Waals surface area contributed by atoms with Crippen molar-refractivity contribution in [3.8, 4) is 0 Å². The molecular formula is C16H32N2O5. The molecule has 0 saturated heterocycles. The monoisotopic (exact) mass is 332 g/mol. The summed E-state index contributed by atoms with van der Waals surface area (Å²) < 4.78 is 10.5. The number of nitrogens with one attached hydrogen (secondary N) is 1. The van der Waals surface area contributed by atoms with Crippen molar-refractivity contribution in [2.24, 2.45) is 0 Å². The van der Waals surface area contributed by atoms with Crippen molar-refractivity contribution < 1.29 is 24.2 Å². The standard InChI is InChI=1S/C16H32N2O5/c1-15(2,3)22-13(20)17-9-7-10-18(11-8-12-19)14(21)23-16(4,5)6/h19H,7-12H2,1-6H3,(H,17,20). The lowest BCUT2D eigenvalue weighted by Gasteiger charge is -2.27. The number of alkyl carbamates (subject to hydrolysis) is 1. The number of ether oxygens (including phenoxy) is 2. The molecule has 0 radical (unpaired) electrons. The van der Waals surface area contributed by atoms with Crippen LogP contribution in [0.2, 0.25) is 0 Å². The lowest BCUT2D eigenvalue weighted by molar-refractivity contribution is 0.0238. The number of amides is 2. The van der Waals surface area contributed by atoms with Crippen LogP contribution in [-0.2, 0) is 9.47 Å². The van der Waals surface area contributed by atoms with Gasteiger partial charge in [-0.25, -0.2) is 9.59 Å². The van der Waals surface area contributed by atoms with Gasteiger partial charge >= 0.3 is 12.2 Å². The maximum absolute atomic E-state index is 12.1. The van der Waals surface area contributed by atoms with Crippen molar-refractivity contribution in [1.29, 1.82) is 0 Å². The number of rotatable bonds is 7. The van der Waals surface area contributed by atoms with Crippen LogP contribution >= 0.6 is 0 Å². The van der Waals surface area contributed by atoms with Crippen LogP contribution in [0.25, 0.3) is 0 Å². The molecule has 136 valence electrons. The molecule has 0 saturated carbocycles. The molecule has 0 spiro atoms. The number of hydrogen-bond donors (Lipinski definition) is 2. The van der Waals surface area contributed by atoms with Crippen LogP contribution in [0.15, 0.2) is 0 Å². The summed E-state index contributed by atoms with van der Waals surface area (Å²) in [6.45, 7) is 12.1. The van der Waals surface area contributed by atoms with E-state index in [0.29, 0.717) is 32.5 Å². The van der Waals surface area contributed by atoms with Crippen molar-refractivity contribution in [2.75, 3.05) is 26.2 Å². The number of nitrogens with zero attached hydrogens (tertiary/aromatic N) is 1. The largest absolute Gasteiger partial charge is 0.444 e. The first-order valence-corrected chi connectivity index (χ1v) is 8.00. The average Bonchev–Trinajstić information content (AvgIpc) is 2.33. The zero-order chi connectivity index (χ0) is 18.1. The van der Waals surface area contributed by atoms with Crippen LogP contribution < -0.4 is 5.32 Å². The quantitative estimate of drug-likeness (QED) is 0.699. The van der Waals surface area contributed by atoms with E-state index in [1.165, 1.54) is 4.90 Å². The molecule has 2 N–H and O–H groups in total. The van der Waals surface area contributed by atoms with E-state index in [-0.39, 0.29) is 6.61 Å². The van der Waals surface area contributed by atoms with E-state index < -0.39 is 23.4 Å². The van der Waals surface area contributed by atoms with Gasteiger partial charge in [-0.1, -0.05) is 0 Å². The van der Waals surface area contributed by atoms with E-state index in [4.69, 9.17) is 14.6 Å². The molecule has 0 aromatic carbocycles. The maximum Gasteiger partial charge on any atom is 0.410 e. The third-order valence-electron chi connectivity index (χ3n) is 2.51. The predicted octanol–water partition coefficient (Wildman–Crippen LogP) is 2.52. The van der Waals surface area contributed by atoms with Crippen LogP contribution in [0, 0.1) is 0 Å². The molecule has 0 aliphatic rings. The van der Waals surface area contributed by atoms with E-state index in [9.17, 15) is 9.59 Å². The molecule has 0 aliphatic carbocycles. The van der Waals surface area contributed by atoms with Crippen molar-refractivity contribution in [3.05, 3.63) is 0 Å². The smallest absolute Gasteiger partial charge is 0.410 e. The van der Waals surface area contributed by atoms with Crippen molar-refractivity contribution in [2.45, 2.75) is 65.6 Å². The van der Waals surface area contributed by atoms with Gasteiger partial charge in [-0.15, -0.1) is 0 Å². The Balaban J connectivity index is 4.25. The average molecular weight is 332 g/mol. The van der Waals surface area contributed by atoms with Crippen LogP contribution in [-0.4, -0.2) is 59.6 Å². The van der Waals surface area contributed by atoms with Crippen molar-refractivity contribution >= 4 is 12.2 Å². The maximum atomic E-state index is 12.1. The number of aliphatic hydroxyl groups is 1. The lowest BCUT2D eigenvalue weighted by atomic mass is 10.2. The summed E-state index contributed by atoms with van der Waals surface area (Å²) in [6.07, 6.45) is 0.169. The molecule has 0 heterocycles. The normalized spacial score (nSPS) is 11.8. The summed E-state index contributed by atoms with van der Waals surface area (Å²) in [5.41, 5.74) is -1.10. The van der Waals surface area contributed by atoms with E-state index in [1.54, 1.807) is 41.5 Å². The van der Waals surface area contributed by atoms with Gasteiger partial charge in [0.15, 0.2) is 0 Å². The lowest BCUT2D eigenvalue weighted by Crippen LogP contribution is -2.39. The number of carbonyl (C=O) groups is 2. The van der Waals surface area contributed by atoms with E-state index in [0.717, 1.165) is 0 Å². The molecule has 7 heteroatoms. The summed E-state index contributed by atoms with van der Waals surface area (Å²) in [5, 5.41) is 11.6. The minimum absolute atomic E-state index is 0.00938. The Labute approximate surface area is 139 Å².